The quantitative estimate of drug-likeness (QED) is 0.479. The molecule has 130 valence electrons. The van der Waals surface area contributed by atoms with Crippen LogP contribution in [0.3, 0.4) is 0 Å². The van der Waals surface area contributed by atoms with Crippen LogP contribution in [0.5, 0.6) is 0 Å². The van der Waals surface area contributed by atoms with Gasteiger partial charge in [-0.05, 0) is 47.5 Å². The minimum absolute atomic E-state index is 0.0840. The van der Waals surface area contributed by atoms with Gasteiger partial charge < -0.3 is 15.0 Å². The number of ether oxygens (including phenoxy) is 1. The van der Waals surface area contributed by atoms with Crippen LogP contribution in [0.1, 0.15) is 12.5 Å². The first-order valence-corrected chi connectivity index (χ1v) is 8.24. The van der Waals surface area contributed by atoms with E-state index < -0.39 is 0 Å². The maximum atomic E-state index is 12.1. The van der Waals surface area contributed by atoms with E-state index in [1.807, 2.05) is 62.3 Å². The van der Waals surface area contributed by atoms with Crippen LogP contribution in [-0.2, 0) is 9.53 Å². The molecule has 0 atom stereocenters. The van der Waals surface area contributed by atoms with Gasteiger partial charge in [-0.25, -0.2) is 0 Å². The van der Waals surface area contributed by atoms with Gasteiger partial charge in [0.2, 0.25) is 0 Å². The first-order chi connectivity index (χ1) is 12.0. The lowest BCUT2D eigenvalue weighted by Gasteiger charge is -2.13. The molecule has 0 aliphatic heterocycles. The molecule has 2 rings (SSSR count). The summed E-state index contributed by atoms with van der Waals surface area (Å²) in [5.74, 6) is -0.384. The van der Waals surface area contributed by atoms with Crippen molar-refractivity contribution in [2.24, 2.45) is 0 Å². The van der Waals surface area contributed by atoms with Gasteiger partial charge in [0.1, 0.15) is 11.6 Å². The standard InChI is InChI=1S/C20H23N3O2/c1-4-25-10-9-22-20(24)18(14-21)12-15-5-6-17-13-19(23(2)3)8-7-16(17)11-15/h5-8,11-13H,4,9-10H2,1-3H3,(H,22,24)/b18-12+. The molecule has 0 aliphatic rings. The minimum Gasteiger partial charge on any atom is -0.380 e. The molecule has 0 saturated heterocycles. The number of carbonyl (C=O) groups is 1. The molecule has 0 bridgehead atoms. The van der Waals surface area contributed by atoms with Crippen molar-refractivity contribution in [1.82, 2.24) is 5.32 Å². The Balaban J connectivity index is 2.18. The first kappa shape index (κ1) is 18.5. The Morgan fingerprint density at radius 1 is 1.24 bits per heavy atom. The maximum Gasteiger partial charge on any atom is 0.262 e. The van der Waals surface area contributed by atoms with E-state index in [1.54, 1.807) is 6.08 Å². The second-order valence-corrected chi connectivity index (χ2v) is 5.81. The SMILES string of the molecule is CCOCCNC(=O)/C(C#N)=C/c1ccc2cc(N(C)C)ccc2c1. The number of nitrogens with zero attached hydrogens (tertiary/aromatic N) is 2. The van der Waals surface area contributed by atoms with E-state index in [1.165, 1.54) is 0 Å². The second-order valence-electron chi connectivity index (χ2n) is 5.81. The molecule has 2 aromatic rings. The summed E-state index contributed by atoms with van der Waals surface area (Å²) >= 11 is 0. The summed E-state index contributed by atoms with van der Waals surface area (Å²) in [5.41, 5.74) is 2.03. The molecule has 0 fully saturated rings. The molecule has 5 nitrogen and oxygen atoms in total. The Bertz CT molecular complexity index is 819. The summed E-state index contributed by atoms with van der Waals surface area (Å²) in [6.45, 7) is 3.31. The van der Waals surface area contributed by atoms with E-state index in [-0.39, 0.29) is 11.5 Å². The molecule has 0 unspecified atom stereocenters. The molecule has 2 aromatic carbocycles. The van der Waals surface area contributed by atoms with Crippen LogP contribution in [0.25, 0.3) is 16.8 Å². The third kappa shape index (κ3) is 5.07. The molecule has 0 heterocycles. The number of carbonyl (C=O) groups excluding carboxylic acids is 1. The number of hydrogen-bond donors (Lipinski definition) is 1. The van der Waals surface area contributed by atoms with Crippen LogP contribution >= 0.6 is 0 Å². The largest absolute Gasteiger partial charge is 0.380 e. The van der Waals surface area contributed by atoms with Gasteiger partial charge in [0.15, 0.2) is 0 Å². The van der Waals surface area contributed by atoms with Crippen molar-refractivity contribution >= 4 is 28.4 Å². The summed E-state index contributed by atoms with van der Waals surface area (Å²) in [7, 11) is 4.00. The third-order valence-corrected chi connectivity index (χ3v) is 3.78. The van der Waals surface area contributed by atoms with E-state index in [9.17, 15) is 10.1 Å². The minimum atomic E-state index is -0.384. The molecule has 0 aromatic heterocycles. The summed E-state index contributed by atoms with van der Waals surface area (Å²) in [4.78, 5) is 14.1. The van der Waals surface area contributed by atoms with E-state index in [4.69, 9.17) is 4.74 Å². The molecule has 0 spiro atoms. The van der Waals surface area contributed by atoms with Crippen molar-refractivity contribution in [3.8, 4) is 6.07 Å². The molecule has 1 N–H and O–H groups in total. The second kappa shape index (κ2) is 8.86. The van der Waals surface area contributed by atoms with Crippen molar-refractivity contribution in [1.29, 1.82) is 5.26 Å². The van der Waals surface area contributed by atoms with Gasteiger partial charge in [-0.15, -0.1) is 0 Å². The fourth-order valence-corrected chi connectivity index (χ4v) is 2.41. The normalized spacial score (nSPS) is 11.2. The number of amides is 1. The number of nitriles is 1. The molecule has 25 heavy (non-hydrogen) atoms. The van der Waals surface area contributed by atoms with Crippen LogP contribution < -0.4 is 10.2 Å². The third-order valence-electron chi connectivity index (χ3n) is 3.78. The highest BCUT2D eigenvalue weighted by molar-refractivity contribution is 6.02. The van der Waals surface area contributed by atoms with Gasteiger partial charge in [-0.3, -0.25) is 4.79 Å². The zero-order valence-electron chi connectivity index (χ0n) is 14.9. The Hall–Kier alpha value is -2.84. The van der Waals surface area contributed by atoms with Gasteiger partial charge in [-0.2, -0.15) is 5.26 Å². The fourth-order valence-electron chi connectivity index (χ4n) is 2.41. The lowest BCUT2D eigenvalue weighted by molar-refractivity contribution is -0.117. The highest BCUT2D eigenvalue weighted by atomic mass is 16.5. The summed E-state index contributed by atoms with van der Waals surface area (Å²) in [6.07, 6.45) is 1.61. The van der Waals surface area contributed by atoms with Crippen LogP contribution in [0.15, 0.2) is 42.0 Å². The number of benzene rings is 2. The summed E-state index contributed by atoms with van der Waals surface area (Å²) < 4.78 is 5.17. The Kier molecular flexibility index (Phi) is 6.55. The number of hydrogen-bond acceptors (Lipinski definition) is 4. The lowest BCUT2D eigenvalue weighted by atomic mass is 10.0. The van der Waals surface area contributed by atoms with Crippen LogP contribution in [0, 0.1) is 11.3 Å². The fraction of sp³-hybridized carbons (Fsp3) is 0.300. The Labute approximate surface area is 148 Å². The van der Waals surface area contributed by atoms with E-state index in [0.717, 1.165) is 22.0 Å². The lowest BCUT2D eigenvalue weighted by Crippen LogP contribution is -2.28. The molecule has 0 aliphatic carbocycles. The van der Waals surface area contributed by atoms with Gasteiger partial charge in [0.05, 0.1) is 6.61 Å². The average Bonchev–Trinajstić information content (AvgIpc) is 2.62. The monoisotopic (exact) mass is 337 g/mol. The predicted octanol–water partition coefficient (Wildman–Crippen LogP) is 2.97. The summed E-state index contributed by atoms with van der Waals surface area (Å²) in [6, 6.07) is 14.0. The van der Waals surface area contributed by atoms with Crippen molar-refractivity contribution in [2.45, 2.75) is 6.92 Å². The van der Waals surface area contributed by atoms with Gasteiger partial charge in [0, 0.05) is 32.9 Å². The zero-order valence-corrected chi connectivity index (χ0v) is 14.9. The molecule has 1 amide bonds. The van der Waals surface area contributed by atoms with Crippen LogP contribution in [-0.4, -0.2) is 39.8 Å². The van der Waals surface area contributed by atoms with Crippen LogP contribution in [0.4, 0.5) is 5.69 Å². The zero-order chi connectivity index (χ0) is 18.2. The average molecular weight is 337 g/mol. The number of fused-ring (bicyclic) bond motifs is 1. The summed E-state index contributed by atoms with van der Waals surface area (Å²) in [5, 5.41) is 14.1. The number of nitrogens with one attached hydrogen (secondary N) is 1. The van der Waals surface area contributed by atoms with Gasteiger partial charge >= 0.3 is 0 Å². The predicted molar refractivity (Wildman–Crippen MR) is 101 cm³/mol. The van der Waals surface area contributed by atoms with Gasteiger partial charge in [-0.1, -0.05) is 18.2 Å². The maximum absolute atomic E-state index is 12.1. The highest BCUT2D eigenvalue weighted by Gasteiger charge is 2.08. The van der Waals surface area contributed by atoms with Crippen LogP contribution in [0.2, 0.25) is 0 Å². The van der Waals surface area contributed by atoms with Crippen molar-refractivity contribution in [3.05, 3.63) is 47.5 Å². The number of rotatable bonds is 7. The smallest absolute Gasteiger partial charge is 0.262 e. The van der Waals surface area contributed by atoms with Crippen molar-refractivity contribution < 1.29 is 9.53 Å². The molecule has 0 radical (unpaired) electrons. The molecule has 0 saturated carbocycles. The van der Waals surface area contributed by atoms with Gasteiger partial charge in [0.25, 0.3) is 5.91 Å². The first-order valence-electron chi connectivity index (χ1n) is 8.24. The van der Waals surface area contributed by atoms with Crippen molar-refractivity contribution in [3.63, 3.8) is 0 Å². The highest BCUT2D eigenvalue weighted by Crippen LogP contribution is 2.23. The van der Waals surface area contributed by atoms with E-state index in [0.29, 0.717) is 19.8 Å². The van der Waals surface area contributed by atoms with E-state index >= 15 is 0 Å². The Morgan fingerprint density at radius 2 is 1.96 bits per heavy atom. The van der Waals surface area contributed by atoms with Crippen molar-refractivity contribution in [2.75, 3.05) is 38.8 Å². The topological polar surface area (TPSA) is 65.4 Å². The Morgan fingerprint density at radius 3 is 2.64 bits per heavy atom. The molecular weight excluding hydrogens is 314 g/mol. The molecular formula is C20H23N3O2. The van der Waals surface area contributed by atoms with E-state index in [2.05, 4.69) is 11.4 Å². The molecule has 5 heteroatoms. The number of anilines is 1.